The van der Waals surface area contributed by atoms with E-state index < -0.39 is 0 Å². The summed E-state index contributed by atoms with van der Waals surface area (Å²) in [6.07, 6.45) is 7.24. The number of nitrogens with zero attached hydrogens (tertiary/aromatic N) is 2. The van der Waals surface area contributed by atoms with Gasteiger partial charge in [0.15, 0.2) is 0 Å². The SMILES string of the molecule is c1ccc2c(NC3CC4CCC3C4)ncnc2c1. The minimum atomic E-state index is 0.627. The van der Waals surface area contributed by atoms with Gasteiger partial charge >= 0.3 is 0 Å². The van der Waals surface area contributed by atoms with Gasteiger partial charge in [0.05, 0.1) is 5.52 Å². The molecule has 3 nitrogen and oxygen atoms in total. The maximum atomic E-state index is 4.43. The lowest BCUT2D eigenvalue weighted by atomic mass is 9.95. The van der Waals surface area contributed by atoms with Gasteiger partial charge in [-0.15, -0.1) is 0 Å². The number of hydrogen-bond donors (Lipinski definition) is 1. The molecule has 1 heterocycles. The first kappa shape index (κ1) is 10.3. The first-order valence-electron chi connectivity index (χ1n) is 6.86. The van der Waals surface area contributed by atoms with Gasteiger partial charge in [-0.05, 0) is 43.2 Å². The minimum Gasteiger partial charge on any atom is -0.366 e. The van der Waals surface area contributed by atoms with Crippen LogP contribution in [0.3, 0.4) is 0 Å². The summed E-state index contributed by atoms with van der Waals surface area (Å²) in [6, 6.07) is 8.85. The highest BCUT2D eigenvalue weighted by Crippen LogP contribution is 2.45. The van der Waals surface area contributed by atoms with Crippen molar-refractivity contribution in [3.63, 3.8) is 0 Å². The molecule has 92 valence electrons. The van der Waals surface area contributed by atoms with Crippen molar-refractivity contribution in [1.29, 1.82) is 0 Å². The van der Waals surface area contributed by atoms with Gasteiger partial charge in [-0.2, -0.15) is 0 Å². The zero-order chi connectivity index (χ0) is 11.9. The van der Waals surface area contributed by atoms with Crippen molar-refractivity contribution in [2.75, 3.05) is 5.32 Å². The topological polar surface area (TPSA) is 37.8 Å². The molecule has 1 aromatic heterocycles. The van der Waals surface area contributed by atoms with Crippen molar-refractivity contribution >= 4 is 16.7 Å². The van der Waals surface area contributed by atoms with Crippen molar-refractivity contribution in [1.82, 2.24) is 9.97 Å². The van der Waals surface area contributed by atoms with E-state index in [-0.39, 0.29) is 0 Å². The third-order valence-corrected chi connectivity index (χ3v) is 4.60. The van der Waals surface area contributed by atoms with E-state index in [1.165, 1.54) is 25.7 Å². The van der Waals surface area contributed by atoms with Crippen LogP contribution >= 0.6 is 0 Å². The molecule has 3 unspecified atom stereocenters. The molecular weight excluding hydrogens is 222 g/mol. The second-order valence-corrected chi connectivity index (χ2v) is 5.67. The fourth-order valence-corrected chi connectivity index (χ4v) is 3.72. The normalized spacial score (nSPS) is 29.9. The number of fused-ring (bicyclic) bond motifs is 3. The molecule has 2 aromatic rings. The standard InChI is InChI=1S/C15H17N3/c1-2-4-13-12(3-1)15(17-9-16-13)18-14-8-10-5-6-11(14)7-10/h1-4,9-11,14H,5-8H2,(H,16,17,18). The second-order valence-electron chi connectivity index (χ2n) is 5.67. The zero-order valence-electron chi connectivity index (χ0n) is 10.3. The average Bonchev–Trinajstić information content (AvgIpc) is 3.01. The van der Waals surface area contributed by atoms with E-state index in [0.29, 0.717) is 6.04 Å². The Morgan fingerprint density at radius 3 is 2.83 bits per heavy atom. The predicted octanol–water partition coefficient (Wildman–Crippen LogP) is 3.23. The van der Waals surface area contributed by atoms with E-state index in [4.69, 9.17) is 0 Å². The molecule has 2 aliphatic carbocycles. The lowest BCUT2D eigenvalue weighted by Crippen LogP contribution is -2.26. The van der Waals surface area contributed by atoms with Crippen LogP contribution in [-0.2, 0) is 0 Å². The highest BCUT2D eigenvalue weighted by Gasteiger charge is 2.39. The molecule has 2 saturated carbocycles. The van der Waals surface area contributed by atoms with Crippen molar-refractivity contribution in [2.45, 2.75) is 31.7 Å². The Morgan fingerprint density at radius 2 is 2.00 bits per heavy atom. The van der Waals surface area contributed by atoms with E-state index in [2.05, 4.69) is 27.4 Å². The summed E-state index contributed by atoms with van der Waals surface area (Å²) in [5.74, 6) is 2.84. The summed E-state index contributed by atoms with van der Waals surface area (Å²) in [5.41, 5.74) is 1.03. The number of para-hydroxylation sites is 1. The van der Waals surface area contributed by atoms with Gasteiger partial charge in [-0.1, -0.05) is 18.6 Å². The Hall–Kier alpha value is -1.64. The van der Waals surface area contributed by atoms with Crippen LogP contribution in [0.5, 0.6) is 0 Å². The van der Waals surface area contributed by atoms with Crippen LogP contribution in [0.2, 0.25) is 0 Å². The first-order chi connectivity index (χ1) is 8.90. The Bertz CT molecular complexity index is 575. The molecule has 3 heteroatoms. The molecule has 2 bridgehead atoms. The molecule has 0 radical (unpaired) electrons. The lowest BCUT2D eigenvalue weighted by Gasteiger charge is -2.23. The lowest BCUT2D eigenvalue weighted by molar-refractivity contribution is 0.439. The molecule has 0 spiro atoms. The summed E-state index contributed by atoms with van der Waals surface area (Å²) >= 11 is 0. The molecule has 2 fully saturated rings. The van der Waals surface area contributed by atoms with Gasteiger partial charge in [0.25, 0.3) is 0 Å². The first-order valence-corrected chi connectivity index (χ1v) is 6.86. The van der Waals surface area contributed by atoms with Crippen LogP contribution in [-0.4, -0.2) is 16.0 Å². The Balaban J connectivity index is 1.67. The monoisotopic (exact) mass is 239 g/mol. The summed E-state index contributed by atoms with van der Waals surface area (Å²) in [4.78, 5) is 8.75. The molecule has 1 aromatic carbocycles. The van der Waals surface area contributed by atoms with Crippen LogP contribution in [0, 0.1) is 11.8 Å². The average molecular weight is 239 g/mol. The van der Waals surface area contributed by atoms with Crippen molar-refractivity contribution < 1.29 is 0 Å². The molecule has 2 aliphatic rings. The van der Waals surface area contributed by atoms with Gasteiger partial charge in [-0.25, -0.2) is 9.97 Å². The number of hydrogen-bond acceptors (Lipinski definition) is 3. The van der Waals surface area contributed by atoms with Gasteiger partial charge < -0.3 is 5.32 Å². The van der Waals surface area contributed by atoms with Gasteiger partial charge in [0.2, 0.25) is 0 Å². The smallest absolute Gasteiger partial charge is 0.137 e. The molecule has 0 amide bonds. The maximum Gasteiger partial charge on any atom is 0.137 e. The predicted molar refractivity (Wildman–Crippen MR) is 72.4 cm³/mol. The quantitative estimate of drug-likeness (QED) is 0.874. The summed E-state index contributed by atoms with van der Waals surface area (Å²) in [5, 5.41) is 4.81. The van der Waals surface area contributed by atoms with E-state index in [0.717, 1.165) is 28.6 Å². The summed E-state index contributed by atoms with van der Waals surface area (Å²) in [7, 11) is 0. The number of anilines is 1. The van der Waals surface area contributed by atoms with E-state index >= 15 is 0 Å². The highest BCUT2D eigenvalue weighted by atomic mass is 15.0. The third kappa shape index (κ3) is 1.57. The Kier molecular flexibility index (Phi) is 2.25. The van der Waals surface area contributed by atoms with Crippen molar-refractivity contribution in [2.24, 2.45) is 11.8 Å². The molecule has 1 N–H and O–H groups in total. The second kappa shape index (κ2) is 3.94. The van der Waals surface area contributed by atoms with Gasteiger partial charge in [0.1, 0.15) is 12.1 Å². The molecule has 18 heavy (non-hydrogen) atoms. The fourth-order valence-electron chi connectivity index (χ4n) is 3.72. The largest absolute Gasteiger partial charge is 0.366 e. The van der Waals surface area contributed by atoms with Gasteiger partial charge in [-0.3, -0.25) is 0 Å². The number of aromatic nitrogens is 2. The maximum absolute atomic E-state index is 4.43. The van der Waals surface area contributed by atoms with Crippen molar-refractivity contribution in [3.05, 3.63) is 30.6 Å². The van der Waals surface area contributed by atoms with Gasteiger partial charge in [0, 0.05) is 11.4 Å². The molecule has 0 saturated heterocycles. The van der Waals surface area contributed by atoms with Crippen LogP contribution < -0.4 is 5.32 Å². The van der Waals surface area contributed by atoms with Crippen LogP contribution in [0.1, 0.15) is 25.7 Å². The van der Waals surface area contributed by atoms with Crippen LogP contribution in [0.15, 0.2) is 30.6 Å². The Morgan fingerprint density at radius 1 is 1.06 bits per heavy atom. The van der Waals surface area contributed by atoms with E-state index in [1.807, 2.05) is 12.1 Å². The third-order valence-electron chi connectivity index (χ3n) is 4.60. The summed E-state index contributed by atoms with van der Waals surface area (Å²) < 4.78 is 0. The molecule has 4 rings (SSSR count). The molecular formula is C15H17N3. The number of benzene rings is 1. The minimum absolute atomic E-state index is 0.627. The van der Waals surface area contributed by atoms with Crippen LogP contribution in [0.4, 0.5) is 5.82 Å². The van der Waals surface area contributed by atoms with E-state index in [1.54, 1.807) is 6.33 Å². The highest BCUT2D eigenvalue weighted by molar-refractivity contribution is 5.88. The van der Waals surface area contributed by atoms with Crippen molar-refractivity contribution in [3.8, 4) is 0 Å². The Labute approximate surface area is 107 Å². The van der Waals surface area contributed by atoms with Crippen LogP contribution in [0.25, 0.3) is 10.9 Å². The molecule has 0 aliphatic heterocycles. The summed E-state index contributed by atoms with van der Waals surface area (Å²) in [6.45, 7) is 0. The zero-order valence-corrected chi connectivity index (χ0v) is 10.3. The van der Waals surface area contributed by atoms with E-state index in [9.17, 15) is 0 Å². The fraction of sp³-hybridized carbons (Fsp3) is 0.467. The number of rotatable bonds is 2. The number of nitrogens with one attached hydrogen (secondary N) is 1. The molecule has 3 atom stereocenters.